The Kier molecular flexibility index (Phi) is 6.10. The van der Waals surface area contributed by atoms with Crippen LogP contribution in [0.3, 0.4) is 0 Å². The standard InChI is InChI=1S/C17H23FN2O3/c1-12(2)23-9-3-8-19-17(22)13-10-16(21)20(11-13)15-6-4-14(18)5-7-15/h4-7,12-13H,3,8-11H2,1-2H3,(H,19,22)/t13-/m1/s1. The van der Waals surface area contributed by atoms with Gasteiger partial charge in [0.2, 0.25) is 11.8 Å². The van der Waals surface area contributed by atoms with E-state index in [-0.39, 0.29) is 36.1 Å². The molecule has 1 aliphatic rings. The number of halogens is 1. The summed E-state index contributed by atoms with van der Waals surface area (Å²) >= 11 is 0. The molecule has 0 unspecified atom stereocenters. The van der Waals surface area contributed by atoms with Crippen LogP contribution in [0.2, 0.25) is 0 Å². The first-order valence-corrected chi connectivity index (χ1v) is 7.92. The molecule has 1 aliphatic heterocycles. The summed E-state index contributed by atoms with van der Waals surface area (Å²) in [5, 5.41) is 2.84. The molecule has 126 valence electrons. The van der Waals surface area contributed by atoms with Gasteiger partial charge in [0.1, 0.15) is 5.82 Å². The molecule has 0 radical (unpaired) electrons. The minimum absolute atomic E-state index is 0.111. The van der Waals surface area contributed by atoms with Crippen molar-refractivity contribution < 1.29 is 18.7 Å². The number of amides is 2. The van der Waals surface area contributed by atoms with E-state index in [1.165, 1.54) is 17.0 Å². The molecule has 0 spiro atoms. The zero-order valence-corrected chi connectivity index (χ0v) is 13.5. The second-order valence-corrected chi connectivity index (χ2v) is 5.95. The maximum Gasteiger partial charge on any atom is 0.227 e. The normalized spacial score (nSPS) is 17.8. The molecule has 1 aromatic rings. The van der Waals surface area contributed by atoms with Gasteiger partial charge in [-0.15, -0.1) is 0 Å². The van der Waals surface area contributed by atoms with E-state index in [0.29, 0.717) is 25.4 Å². The lowest BCUT2D eigenvalue weighted by molar-refractivity contribution is -0.126. The monoisotopic (exact) mass is 322 g/mol. The highest BCUT2D eigenvalue weighted by molar-refractivity contribution is 6.00. The van der Waals surface area contributed by atoms with E-state index in [0.717, 1.165) is 6.42 Å². The molecule has 2 amide bonds. The summed E-state index contributed by atoms with van der Waals surface area (Å²) in [6, 6.07) is 5.73. The Morgan fingerprint density at radius 1 is 1.39 bits per heavy atom. The minimum atomic E-state index is -0.362. The molecule has 1 fully saturated rings. The molecular formula is C17H23FN2O3. The van der Waals surface area contributed by atoms with Gasteiger partial charge in [0.05, 0.1) is 12.0 Å². The maximum absolute atomic E-state index is 12.9. The van der Waals surface area contributed by atoms with Crippen LogP contribution in [0.15, 0.2) is 24.3 Å². The van der Waals surface area contributed by atoms with Gasteiger partial charge in [0.15, 0.2) is 0 Å². The van der Waals surface area contributed by atoms with Gasteiger partial charge in [0, 0.05) is 31.8 Å². The van der Waals surface area contributed by atoms with Crippen LogP contribution in [0, 0.1) is 11.7 Å². The number of carbonyl (C=O) groups is 2. The number of ether oxygens (including phenoxy) is 1. The lowest BCUT2D eigenvalue weighted by atomic mass is 10.1. The molecule has 0 bridgehead atoms. The minimum Gasteiger partial charge on any atom is -0.379 e. The summed E-state index contributed by atoms with van der Waals surface area (Å²) in [5.41, 5.74) is 0.622. The van der Waals surface area contributed by atoms with Crippen molar-refractivity contribution in [2.75, 3.05) is 24.6 Å². The van der Waals surface area contributed by atoms with Crippen LogP contribution in [-0.2, 0) is 14.3 Å². The van der Waals surface area contributed by atoms with Crippen LogP contribution in [0.5, 0.6) is 0 Å². The molecule has 6 heteroatoms. The van der Waals surface area contributed by atoms with Crippen LogP contribution < -0.4 is 10.2 Å². The number of carbonyl (C=O) groups excluding carboxylic acids is 2. The summed E-state index contributed by atoms with van der Waals surface area (Å²) in [5.74, 6) is -0.940. The molecule has 1 aromatic carbocycles. The predicted molar refractivity (Wildman–Crippen MR) is 85.6 cm³/mol. The zero-order valence-electron chi connectivity index (χ0n) is 13.5. The summed E-state index contributed by atoms with van der Waals surface area (Å²) in [7, 11) is 0. The van der Waals surface area contributed by atoms with Gasteiger partial charge < -0.3 is 15.0 Å². The van der Waals surface area contributed by atoms with Crippen LogP contribution in [-0.4, -0.2) is 37.6 Å². The molecule has 5 nitrogen and oxygen atoms in total. The number of nitrogens with zero attached hydrogens (tertiary/aromatic N) is 1. The molecule has 1 atom stereocenters. The molecule has 1 saturated heterocycles. The fourth-order valence-electron chi connectivity index (χ4n) is 2.50. The van der Waals surface area contributed by atoms with Crippen LogP contribution in [0.1, 0.15) is 26.7 Å². The van der Waals surface area contributed by atoms with E-state index >= 15 is 0 Å². The summed E-state index contributed by atoms with van der Waals surface area (Å²) in [6.07, 6.45) is 1.11. The second kappa shape index (κ2) is 8.06. The maximum atomic E-state index is 12.9. The highest BCUT2D eigenvalue weighted by atomic mass is 19.1. The van der Waals surface area contributed by atoms with Crippen LogP contribution in [0.25, 0.3) is 0 Å². The van der Waals surface area contributed by atoms with E-state index in [4.69, 9.17) is 4.74 Å². The molecule has 2 rings (SSSR count). The SMILES string of the molecule is CC(C)OCCCNC(=O)[C@@H]1CC(=O)N(c2ccc(F)cc2)C1. The second-order valence-electron chi connectivity index (χ2n) is 5.95. The topological polar surface area (TPSA) is 58.6 Å². The van der Waals surface area contributed by atoms with E-state index in [1.807, 2.05) is 13.8 Å². The molecule has 0 aromatic heterocycles. The van der Waals surface area contributed by atoms with Crippen molar-refractivity contribution in [2.45, 2.75) is 32.8 Å². The van der Waals surface area contributed by atoms with Crippen molar-refractivity contribution in [2.24, 2.45) is 5.92 Å². The first-order valence-electron chi connectivity index (χ1n) is 7.92. The highest BCUT2D eigenvalue weighted by Gasteiger charge is 2.34. The van der Waals surface area contributed by atoms with Crippen molar-refractivity contribution >= 4 is 17.5 Å². The number of anilines is 1. The van der Waals surface area contributed by atoms with Crippen molar-refractivity contribution in [3.8, 4) is 0 Å². The molecule has 1 N–H and O–H groups in total. The van der Waals surface area contributed by atoms with Gasteiger partial charge in [-0.1, -0.05) is 0 Å². The van der Waals surface area contributed by atoms with Gasteiger partial charge >= 0.3 is 0 Å². The Bertz CT molecular complexity index is 545. The van der Waals surface area contributed by atoms with Crippen molar-refractivity contribution in [1.82, 2.24) is 5.32 Å². The molecule has 0 saturated carbocycles. The van der Waals surface area contributed by atoms with Gasteiger partial charge in [-0.2, -0.15) is 0 Å². The Labute approximate surface area is 135 Å². The number of rotatable bonds is 7. The molecule has 1 heterocycles. The third-order valence-electron chi connectivity index (χ3n) is 3.71. The number of hydrogen-bond donors (Lipinski definition) is 1. The van der Waals surface area contributed by atoms with Crippen molar-refractivity contribution in [1.29, 1.82) is 0 Å². The third kappa shape index (κ3) is 5.03. The lowest BCUT2D eigenvalue weighted by Crippen LogP contribution is -2.34. The van der Waals surface area contributed by atoms with Crippen molar-refractivity contribution in [3.05, 3.63) is 30.1 Å². The Morgan fingerprint density at radius 3 is 2.74 bits per heavy atom. The summed E-state index contributed by atoms with van der Waals surface area (Å²) in [6.45, 7) is 5.40. The molecule has 23 heavy (non-hydrogen) atoms. The van der Waals surface area contributed by atoms with Crippen LogP contribution in [0.4, 0.5) is 10.1 Å². The first kappa shape index (κ1) is 17.4. The van der Waals surface area contributed by atoms with Crippen LogP contribution >= 0.6 is 0 Å². The quantitative estimate of drug-likeness (QED) is 0.782. The Hall–Kier alpha value is -1.95. The average Bonchev–Trinajstić information content (AvgIpc) is 2.89. The molecular weight excluding hydrogens is 299 g/mol. The van der Waals surface area contributed by atoms with E-state index in [2.05, 4.69) is 5.32 Å². The number of hydrogen-bond acceptors (Lipinski definition) is 3. The molecule has 0 aliphatic carbocycles. The lowest BCUT2D eigenvalue weighted by Gasteiger charge is -2.16. The van der Waals surface area contributed by atoms with E-state index in [9.17, 15) is 14.0 Å². The van der Waals surface area contributed by atoms with Gasteiger partial charge in [-0.25, -0.2) is 4.39 Å². The van der Waals surface area contributed by atoms with Gasteiger partial charge in [-0.3, -0.25) is 9.59 Å². The Balaban J connectivity index is 1.80. The van der Waals surface area contributed by atoms with E-state index < -0.39 is 0 Å². The fraction of sp³-hybridized carbons (Fsp3) is 0.529. The summed E-state index contributed by atoms with van der Waals surface area (Å²) in [4.78, 5) is 25.7. The predicted octanol–water partition coefficient (Wildman–Crippen LogP) is 2.11. The smallest absolute Gasteiger partial charge is 0.227 e. The van der Waals surface area contributed by atoms with Crippen molar-refractivity contribution in [3.63, 3.8) is 0 Å². The third-order valence-corrected chi connectivity index (χ3v) is 3.71. The Morgan fingerprint density at radius 2 is 2.09 bits per heavy atom. The largest absolute Gasteiger partial charge is 0.379 e. The number of benzene rings is 1. The first-order chi connectivity index (χ1) is 11.0. The van der Waals surface area contributed by atoms with E-state index in [1.54, 1.807) is 12.1 Å². The number of nitrogens with one attached hydrogen (secondary N) is 1. The summed E-state index contributed by atoms with van der Waals surface area (Å²) < 4.78 is 18.4. The fourth-order valence-corrected chi connectivity index (χ4v) is 2.50. The van der Waals surface area contributed by atoms with Gasteiger partial charge in [-0.05, 0) is 44.5 Å². The zero-order chi connectivity index (χ0) is 16.8. The average molecular weight is 322 g/mol. The highest BCUT2D eigenvalue weighted by Crippen LogP contribution is 2.25. The van der Waals surface area contributed by atoms with Gasteiger partial charge in [0.25, 0.3) is 0 Å².